The van der Waals surface area contributed by atoms with Crippen molar-refractivity contribution in [1.82, 2.24) is 10.6 Å². The van der Waals surface area contributed by atoms with Crippen LogP contribution >= 0.6 is 0 Å². The van der Waals surface area contributed by atoms with Crippen molar-refractivity contribution >= 4 is 30.1 Å². The normalized spacial score (nSPS) is 24.5. The van der Waals surface area contributed by atoms with E-state index in [-0.39, 0.29) is 25.3 Å². The second-order valence-electron chi connectivity index (χ2n) is 8.76. The molecule has 196 valence electrons. The van der Waals surface area contributed by atoms with E-state index in [1.807, 2.05) is 0 Å². The van der Waals surface area contributed by atoms with E-state index in [1.54, 1.807) is 20.8 Å². The standard InChI is InChI=1S/C21H31N3O11/c1-10(25)24-15-11(22)8-12(18(27)30-5)32-17(15)16(13-9-31-20(29)33-13)34-19(28)23-7-6-14(26)35-21(2,3)4/h8,11,13,15-17H,6-7,9,22H2,1-5H3,(H,23,28)(H,24,25)/t11-,13+,15+,16+,17+/m0/s1. The molecule has 0 saturated carbocycles. The molecule has 0 bridgehead atoms. The van der Waals surface area contributed by atoms with Gasteiger partial charge in [0.05, 0.1) is 25.6 Å². The molecule has 0 aromatic carbocycles. The van der Waals surface area contributed by atoms with Gasteiger partial charge in [-0.25, -0.2) is 14.4 Å². The lowest BCUT2D eigenvalue weighted by atomic mass is 9.92. The number of carbonyl (C=O) groups excluding carboxylic acids is 5. The Balaban J connectivity index is 2.19. The zero-order valence-corrected chi connectivity index (χ0v) is 20.2. The number of cyclic esters (lactones) is 2. The topological polar surface area (TPSA) is 191 Å². The maximum absolute atomic E-state index is 12.5. The molecule has 2 rings (SSSR count). The van der Waals surface area contributed by atoms with Crippen LogP contribution in [0, 0.1) is 0 Å². The van der Waals surface area contributed by atoms with Crippen molar-refractivity contribution in [2.45, 2.75) is 70.1 Å². The van der Waals surface area contributed by atoms with Crippen molar-refractivity contribution in [3.8, 4) is 0 Å². The van der Waals surface area contributed by atoms with E-state index in [0.717, 1.165) is 7.11 Å². The third-order valence-electron chi connectivity index (χ3n) is 4.70. The first-order valence-electron chi connectivity index (χ1n) is 10.8. The number of nitrogens with two attached hydrogens (primary N) is 1. The maximum atomic E-state index is 12.5. The molecule has 2 aliphatic rings. The van der Waals surface area contributed by atoms with Crippen LogP contribution in [0.5, 0.6) is 0 Å². The molecular formula is C21H31N3O11. The molecular weight excluding hydrogens is 470 g/mol. The second-order valence-corrected chi connectivity index (χ2v) is 8.76. The summed E-state index contributed by atoms with van der Waals surface area (Å²) in [4.78, 5) is 59.8. The van der Waals surface area contributed by atoms with Gasteiger partial charge in [0.25, 0.3) is 0 Å². The third-order valence-corrected chi connectivity index (χ3v) is 4.70. The van der Waals surface area contributed by atoms with Gasteiger partial charge in [-0.2, -0.15) is 0 Å². The number of carbonyl (C=O) groups is 5. The summed E-state index contributed by atoms with van der Waals surface area (Å²) < 4.78 is 30.9. The van der Waals surface area contributed by atoms with Gasteiger partial charge in [0.15, 0.2) is 18.3 Å². The average molecular weight is 501 g/mol. The SMILES string of the molecule is COC(=O)C1=C[C@H](N)[C@@H](NC(C)=O)[C@H]([C@H](OC(=O)NCCC(=O)OC(C)(C)C)[C@H]2COC(=O)O2)O1. The Morgan fingerprint density at radius 1 is 1.23 bits per heavy atom. The molecule has 5 atom stereocenters. The molecule has 1 saturated heterocycles. The summed E-state index contributed by atoms with van der Waals surface area (Å²) in [6.45, 7) is 5.95. The Morgan fingerprint density at radius 3 is 2.46 bits per heavy atom. The van der Waals surface area contributed by atoms with E-state index in [0.29, 0.717) is 0 Å². The lowest BCUT2D eigenvalue weighted by Crippen LogP contribution is -2.63. The van der Waals surface area contributed by atoms with Crippen molar-refractivity contribution in [3.63, 3.8) is 0 Å². The summed E-state index contributed by atoms with van der Waals surface area (Å²) in [6, 6.07) is -1.94. The molecule has 2 heterocycles. The first-order chi connectivity index (χ1) is 16.3. The van der Waals surface area contributed by atoms with Crippen LogP contribution in [0.1, 0.15) is 34.1 Å². The van der Waals surface area contributed by atoms with Crippen LogP contribution in [0.15, 0.2) is 11.8 Å². The Bertz CT molecular complexity index is 867. The van der Waals surface area contributed by atoms with Crippen LogP contribution < -0.4 is 16.4 Å². The van der Waals surface area contributed by atoms with E-state index in [1.165, 1.54) is 13.0 Å². The Hall–Kier alpha value is -3.55. The van der Waals surface area contributed by atoms with E-state index in [4.69, 9.17) is 29.4 Å². The molecule has 0 aromatic heterocycles. The van der Waals surface area contributed by atoms with Gasteiger partial charge in [0.2, 0.25) is 11.7 Å². The van der Waals surface area contributed by atoms with Crippen LogP contribution in [0.25, 0.3) is 0 Å². The van der Waals surface area contributed by atoms with Crippen LogP contribution in [-0.4, -0.2) is 86.4 Å². The van der Waals surface area contributed by atoms with Gasteiger partial charge >= 0.3 is 24.2 Å². The number of hydrogen-bond donors (Lipinski definition) is 3. The van der Waals surface area contributed by atoms with Gasteiger partial charge in [0.1, 0.15) is 12.2 Å². The number of hydrogen-bond acceptors (Lipinski definition) is 12. The van der Waals surface area contributed by atoms with Crippen molar-refractivity contribution in [1.29, 1.82) is 0 Å². The summed E-state index contributed by atoms with van der Waals surface area (Å²) in [5, 5.41) is 4.98. The van der Waals surface area contributed by atoms with Crippen LogP contribution in [0.2, 0.25) is 0 Å². The largest absolute Gasteiger partial charge is 0.508 e. The van der Waals surface area contributed by atoms with Gasteiger partial charge in [-0.3, -0.25) is 9.59 Å². The number of nitrogens with one attached hydrogen (secondary N) is 2. The molecule has 14 nitrogen and oxygen atoms in total. The first kappa shape index (κ1) is 27.7. The Morgan fingerprint density at radius 2 is 1.91 bits per heavy atom. The molecule has 35 heavy (non-hydrogen) atoms. The number of amides is 2. The fraction of sp³-hybridized carbons (Fsp3) is 0.667. The summed E-state index contributed by atoms with van der Waals surface area (Å²) in [5.41, 5.74) is 5.45. The van der Waals surface area contributed by atoms with E-state index < -0.39 is 66.1 Å². The minimum absolute atomic E-state index is 0.116. The molecule has 1 fully saturated rings. The Labute approximate surface area is 201 Å². The highest BCUT2D eigenvalue weighted by Crippen LogP contribution is 2.27. The fourth-order valence-corrected chi connectivity index (χ4v) is 3.34. The minimum atomic E-state index is -1.38. The number of esters is 2. The fourth-order valence-electron chi connectivity index (χ4n) is 3.34. The van der Waals surface area contributed by atoms with Crippen molar-refractivity contribution in [3.05, 3.63) is 11.8 Å². The molecule has 2 amide bonds. The monoisotopic (exact) mass is 501 g/mol. The summed E-state index contributed by atoms with van der Waals surface area (Å²) in [7, 11) is 1.13. The van der Waals surface area contributed by atoms with E-state index in [9.17, 15) is 24.0 Å². The molecule has 0 aliphatic carbocycles. The molecule has 0 spiro atoms. The lowest BCUT2D eigenvalue weighted by molar-refractivity contribution is -0.154. The molecule has 0 aromatic rings. The molecule has 4 N–H and O–H groups in total. The predicted molar refractivity (Wildman–Crippen MR) is 116 cm³/mol. The highest BCUT2D eigenvalue weighted by molar-refractivity contribution is 5.86. The van der Waals surface area contributed by atoms with Gasteiger partial charge in [-0.15, -0.1) is 0 Å². The molecule has 0 radical (unpaired) electrons. The van der Waals surface area contributed by atoms with Crippen molar-refractivity contribution in [2.75, 3.05) is 20.3 Å². The van der Waals surface area contributed by atoms with Crippen LogP contribution in [0.4, 0.5) is 9.59 Å². The molecule has 2 aliphatic heterocycles. The van der Waals surface area contributed by atoms with Gasteiger partial charge in [-0.1, -0.05) is 0 Å². The number of rotatable bonds is 8. The van der Waals surface area contributed by atoms with E-state index in [2.05, 4.69) is 15.4 Å². The van der Waals surface area contributed by atoms with Gasteiger partial charge in [-0.05, 0) is 26.8 Å². The zero-order chi connectivity index (χ0) is 26.3. The number of alkyl carbamates (subject to hydrolysis) is 1. The minimum Gasteiger partial charge on any atom is -0.477 e. The quantitative estimate of drug-likeness (QED) is 0.289. The summed E-state index contributed by atoms with van der Waals surface area (Å²) in [5.74, 6) is -2.15. The van der Waals surface area contributed by atoms with E-state index >= 15 is 0 Å². The second kappa shape index (κ2) is 11.7. The zero-order valence-electron chi connectivity index (χ0n) is 20.2. The molecule has 0 unspecified atom stereocenters. The highest BCUT2D eigenvalue weighted by Gasteiger charge is 2.49. The average Bonchev–Trinajstić information content (AvgIpc) is 3.17. The van der Waals surface area contributed by atoms with Crippen molar-refractivity contribution in [2.24, 2.45) is 5.73 Å². The third kappa shape index (κ3) is 8.31. The lowest BCUT2D eigenvalue weighted by Gasteiger charge is -2.39. The first-order valence-corrected chi connectivity index (χ1v) is 10.8. The maximum Gasteiger partial charge on any atom is 0.508 e. The van der Waals surface area contributed by atoms with Gasteiger partial charge < -0.3 is 44.8 Å². The van der Waals surface area contributed by atoms with Crippen LogP contribution in [-0.2, 0) is 42.8 Å². The predicted octanol–water partition coefficient (Wildman–Crippen LogP) is -0.364. The van der Waals surface area contributed by atoms with Crippen LogP contribution in [0.3, 0.4) is 0 Å². The smallest absolute Gasteiger partial charge is 0.477 e. The molecule has 14 heteroatoms. The summed E-state index contributed by atoms with van der Waals surface area (Å²) in [6.07, 6.45) is -4.68. The number of ether oxygens (including phenoxy) is 6. The number of methoxy groups -OCH3 is 1. The highest BCUT2D eigenvalue weighted by atomic mass is 16.8. The van der Waals surface area contributed by atoms with Crippen molar-refractivity contribution < 1.29 is 52.4 Å². The summed E-state index contributed by atoms with van der Waals surface area (Å²) >= 11 is 0. The Kier molecular flexibility index (Phi) is 9.28. The van der Waals surface area contributed by atoms with Gasteiger partial charge in [0, 0.05) is 13.5 Å².